The average Bonchev–Trinajstić information content (AvgIpc) is 2.52. The van der Waals surface area contributed by atoms with Crippen LogP contribution in [0.25, 0.3) is 0 Å². The molecule has 3 N–H and O–H groups in total. The van der Waals surface area contributed by atoms with Crippen molar-refractivity contribution >= 4 is 17.9 Å². The van der Waals surface area contributed by atoms with Crippen LogP contribution >= 0.6 is 0 Å². The highest BCUT2D eigenvalue weighted by atomic mass is 16.4. The molecule has 0 saturated carbocycles. The van der Waals surface area contributed by atoms with Crippen molar-refractivity contribution < 1.29 is 19.5 Å². The van der Waals surface area contributed by atoms with Crippen LogP contribution in [-0.2, 0) is 9.59 Å². The molecule has 108 valence electrons. The fraction of sp³-hybridized carbons (Fsp3) is 0.750. The van der Waals surface area contributed by atoms with Crippen molar-refractivity contribution in [2.75, 3.05) is 19.6 Å². The van der Waals surface area contributed by atoms with Crippen LogP contribution in [0.1, 0.15) is 26.7 Å². The molecular weight excluding hydrogens is 250 g/mol. The molecule has 1 atom stereocenters. The molecule has 7 heteroatoms. The number of aliphatic carboxylic acids is 1. The van der Waals surface area contributed by atoms with Gasteiger partial charge in [0, 0.05) is 32.1 Å². The molecule has 7 nitrogen and oxygen atoms in total. The molecule has 1 fully saturated rings. The van der Waals surface area contributed by atoms with E-state index in [0.717, 1.165) is 0 Å². The Bertz CT molecular complexity index is 357. The van der Waals surface area contributed by atoms with Gasteiger partial charge in [-0.3, -0.25) is 9.59 Å². The normalized spacial score (nSPS) is 17.6. The second-order valence-electron chi connectivity index (χ2n) is 4.98. The number of urea groups is 1. The maximum Gasteiger partial charge on any atom is 0.317 e. The molecule has 0 spiro atoms. The van der Waals surface area contributed by atoms with Crippen molar-refractivity contribution in [1.29, 1.82) is 0 Å². The number of carbonyl (C=O) groups excluding carboxylic acids is 2. The summed E-state index contributed by atoms with van der Waals surface area (Å²) in [5, 5.41) is 14.2. The van der Waals surface area contributed by atoms with E-state index in [4.69, 9.17) is 5.11 Å². The highest BCUT2D eigenvalue weighted by molar-refractivity contribution is 5.79. The Kier molecular flexibility index (Phi) is 5.59. The van der Waals surface area contributed by atoms with Crippen molar-refractivity contribution in [3.8, 4) is 0 Å². The van der Waals surface area contributed by atoms with Crippen LogP contribution in [0.5, 0.6) is 0 Å². The minimum Gasteiger partial charge on any atom is -0.481 e. The second kappa shape index (κ2) is 6.96. The van der Waals surface area contributed by atoms with Gasteiger partial charge in [0.25, 0.3) is 0 Å². The first kappa shape index (κ1) is 15.3. The molecule has 0 aromatic heterocycles. The van der Waals surface area contributed by atoms with Crippen LogP contribution in [0.2, 0.25) is 0 Å². The third-order valence-corrected chi connectivity index (χ3v) is 3.11. The van der Waals surface area contributed by atoms with Crippen molar-refractivity contribution in [1.82, 2.24) is 15.5 Å². The van der Waals surface area contributed by atoms with Gasteiger partial charge in [0.2, 0.25) is 5.91 Å². The molecule has 1 rings (SSSR count). The van der Waals surface area contributed by atoms with Crippen LogP contribution in [0.3, 0.4) is 0 Å². The van der Waals surface area contributed by atoms with E-state index < -0.39 is 12.0 Å². The highest BCUT2D eigenvalue weighted by Crippen LogP contribution is 2.07. The van der Waals surface area contributed by atoms with Gasteiger partial charge in [0.15, 0.2) is 0 Å². The van der Waals surface area contributed by atoms with Gasteiger partial charge in [-0.2, -0.15) is 0 Å². The van der Waals surface area contributed by atoms with E-state index in [1.807, 2.05) is 13.8 Å². The van der Waals surface area contributed by atoms with Gasteiger partial charge in [0.1, 0.15) is 0 Å². The zero-order valence-corrected chi connectivity index (χ0v) is 11.3. The van der Waals surface area contributed by atoms with Gasteiger partial charge in [-0.25, -0.2) is 4.79 Å². The molecule has 1 heterocycles. The number of amides is 3. The number of rotatable bonds is 4. The van der Waals surface area contributed by atoms with Crippen LogP contribution in [-0.4, -0.2) is 53.6 Å². The summed E-state index contributed by atoms with van der Waals surface area (Å²) in [7, 11) is 0. The Morgan fingerprint density at radius 2 is 2.11 bits per heavy atom. The van der Waals surface area contributed by atoms with E-state index in [9.17, 15) is 14.4 Å². The van der Waals surface area contributed by atoms with Gasteiger partial charge < -0.3 is 20.6 Å². The Balaban J connectivity index is 2.55. The largest absolute Gasteiger partial charge is 0.481 e. The molecule has 0 aromatic rings. The van der Waals surface area contributed by atoms with Gasteiger partial charge >= 0.3 is 12.0 Å². The van der Waals surface area contributed by atoms with Crippen LogP contribution < -0.4 is 10.6 Å². The van der Waals surface area contributed by atoms with E-state index in [1.165, 1.54) is 4.90 Å². The fourth-order valence-electron chi connectivity index (χ4n) is 1.86. The predicted molar refractivity (Wildman–Crippen MR) is 68.6 cm³/mol. The number of carboxylic acid groups (broad SMARTS) is 1. The van der Waals surface area contributed by atoms with Gasteiger partial charge in [0.05, 0.1) is 6.42 Å². The molecule has 1 aliphatic rings. The molecule has 0 radical (unpaired) electrons. The quantitative estimate of drug-likeness (QED) is 0.671. The number of carbonyl (C=O) groups is 3. The molecular formula is C12H21N3O4. The van der Waals surface area contributed by atoms with E-state index in [2.05, 4.69) is 10.6 Å². The molecule has 3 amide bonds. The number of nitrogens with one attached hydrogen (secondary N) is 2. The number of nitrogens with zero attached hydrogens (tertiary/aromatic N) is 1. The third kappa shape index (κ3) is 5.15. The SMILES string of the molecule is CC(C)C(CC(=O)O)NC(=O)N1CCNC(=O)CC1. The Morgan fingerprint density at radius 3 is 2.68 bits per heavy atom. The molecule has 0 bridgehead atoms. The zero-order valence-electron chi connectivity index (χ0n) is 11.3. The van der Waals surface area contributed by atoms with E-state index in [1.54, 1.807) is 0 Å². The number of hydrogen-bond acceptors (Lipinski definition) is 3. The fourth-order valence-corrected chi connectivity index (χ4v) is 1.86. The van der Waals surface area contributed by atoms with Crippen LogP contribution in [0, 0.1) is 5.92 Å². The summed E-state index contributed by atoms with van der Waals surface area (Å²) in [4.78, 5) is 35.5. The van der Waals surface area contributed by atoms with Crippen molar-refractivity contribution in [3.63, 3.8) is 0 Å². The van der Waals surface area contributed by atoms with Gasteiger partial charge in [-0.05, 0) is 5.92 Å². The Morgan fingerprint density at radius 1 is 1.42 bits per heavy atom. The first-order valence-electron chi connectivity index (χ1n) is 6.44. The zero-order chi connectivity index (χ0) is 14.4. The predicted octanol–water partition coefficient (Wildman–Crippen LogP) is 0.0172. The second-order valence-corrected chi connectivity index (χ2v) is 4.98. The van der Waals surface area contributed by atoms with Crippen LogP contribution in [0.15, 0.2) is 0 Å². The Labute approximate surface area is 112 Å². The lowest BCUT2D eigenvalue weighted by atomic mass is 10.0. The van der Waals surface area contributed by atoms with E-state index in [0.29, 0.717) is 19.6 Å². The third-order valence-electron chi connectivity index (χ3n) is 3.11. The summed E-state index contributed by atoms with van der Waals surface area (Å²) in [5.41, 5.74) is 0. The molecule has 1 unspecified atom stereocenters. The Hall–Kier alpha value is -1.79. The summed E-state index contributed by atoms with van der Waals surface area (Å²) >= 11 is 0. The maximum absolute atomic E-state index is 12.0. The first-order valence-corrected chi connectivity index (χ1v) is 6.44. The van der Waals surface area contributed by atoms with Gasteiger partial charge in [-0.1, -0.05) is 13.8 Å². The topological polar surface area (TPSA) is 98.7 Å². The summed E-state index contributed by atoms with van der Waals surface area (Å²) < 4.78 is 0. The van der Waals surface area contributed by atoms with Crippen molar-refractivity contribution in [2.24, 2.45) is 5.92 Å². The molecule has 1 aliphatic heterocycles. The minimum atomic E-state index is -0.938. The maximum atomic E-state index is 12.0. The van der Waals surface area contributed by atoms with Gasteiger partial charge in [-0.15, -0.1) is 0 Å². The molecule has 0 aliphatic carbocycles. The minimum absolute atomic E-state index is 0.0341. The number of hydrogen-bond donors (Lipinski definition) is 3. The summed E-state index contributed by atoms with van der Waals surface area (Å²) in [6, 6.07) is -0.714. The smallest absolute Gasteiger partial charge is 0.317 e. The molecule has 0 aromatic carbocycles. The first-order chi connectivity index (χ1) is 8.90. The molecule has 19 heavy (non-hydrogen) atoms. The monoisotopic (exact) mass is 271 g/mol. The lowest BCUT2D eigenvalue weighted by Gasteiger charge is -2.26. The lowest BCUT2D eigenvalue weighted by molar-refractivity contribution is -0.137. The van der Waals surface area contributed by atoms with Crippen LogP contribution in [0.4, 0.5) is 4.79 Å². The molecule has 1 saturated heterocycles. The van der Waals surface area contributed by atoms with Crippen molar-refractivity contribution in [3.05, 3.63) is 0 Å². The summed E-state index contributed by atoms with van der Waals surface area (Å²) in [5.74, 6) is -0.972. The highest BCUT2D eigenvalue weighted by Gasteiger charge is 2.24. The van der Waals surface area contributed by atoms with E-state index >= 15 is 0 Å². The lowest BCUT2D eigenvalue weighted by Crippen LogP contribution is -2.48. The summed E-state index contributed by atoms with van der Waals surface area (Å²) in [6.07, 6.45) is 0.174. The average molecular weight is 271 g/mol. The van der Waals surface area contributed by atoms with E-state index in [-0.39, 0.29) is 30.7 Å². The number of carboxylic acids is 1. The summed E-state index contributed by atoms with van der Waals surface area (Å²) in [6.45, 7) is 4.95. The standard InChI is InChI=1S/C12H21N3O4/c1-8(2)9(7-11(17)18)14-12(19)15-5-3-10(16)13-4-6-15/h8-9H,3-7H2,1-2H3,(H,13,16)(H,14,19)(H,17,18). The van der Waals surface area contributed by atoms with Crippen molar-refractivity contribution in [2.45, 2.75) is 32.7 Å².